The molecule has 0 radical (unpaired) electrons. The summed E-state index contributed by atoms with van der Waals surface area (Å²) in [4.78, 5) is 26.3. The molecule has 0 spiro atoms. The number of aryl methyl sites for hydroxylation is 3. The highest BCUT2D eigenvalue weighted by Gasteiger charge is 2.26. The highest BCUT2D eigenvalue weighted by Crippen LogP contribution is 2.26. The molecule has 1 aliphatic rings. The molecule has 1 aromatic heterocycles. The molecule has 2 aromatic carbocycles. The molecule has 0 atom stereocenters. The molecule has 5 nitrogen and oxygen atoms in total. The van der Waals surface area contributed by atoms with E-state index in [1.165, 1.54) is 17.2 Å². The van der Waals surface area contributed by atoms with E-state index in [1.54, 1.807) is 23.1 Å². The van der Waals surface area contributed by atoms with Gasteiger partial charge in [0.15, 0.2) is 0 Å². The summed E-state index contributed by atoms with van der Waals surface area (Å²) in [6, 6.07) is 14.7. The molecule has 1 fully saturated rings. The largest absolute Gasteiger partial charge is 0.353 e. The minimum absolute atomic E-state index is 0.132. The van der Waals surface area contributed by atoms with Crippen LogP contribution in [0.4, 0.5) is 10.2 Å². The Morgan fingerprint density at radius 3 is 2.31 bits per heavy atom. The number of halogens is 1. The van der Waals surface area contributed by atoms with Crippen LogP contribution in [0.1, 0.15) is 45.5 Å². The van der Waals surface area contributed by atoms with E-state index in [9.17, 15) is 9.18 Å². The lowest BCUT2D eigenvalue weighted by Crippen LogP contribution is -2.49. The maximum absolute atomic E-state index is 14.1. The van der Waals surface area contributed by atoms with Gasteiger partial charge in [0, 0.05) is 43.9 Å². The molecule has 32 heavy (non-hydrogen) atoms. The standard InChI is InChI=1S/C26H29FN4O/c1-4-24-22(17-20-11-9-18(2)10-12-20)25(29-19(3)28-24)30-13-15-31(16-14-30)26(32)21-7-5-6-8-23(21)27/h5-12H,4,13-17H2,1-3H3. The average molecular weight is 433 g/mol. The van der Waals surface area contributed by atoms with Crippen molar-refractivity contribution in [1.82, 2.24) is 14.9 Å². The lowest BCUT2D eigenvalue weighted by molar-refractivity contribution is 0.0741. The monoisotopic (exact) mass is 432 g/mol. The molecular formula is C26H29FN4O. The smallest absolute Gasteiger partial charge is 0.256 e. The molecule has 1 aliphatic heterocycles. The molecule has 0 bridgehead atoms. The number of piperazine rings is 1. The second-order valence-electron chi connectivity index (χ2n) is 8.29. The van der Waals surface area contributed by atoms with Gasteiger partial charge < -0.3 is 9.80 Å². The molecule has 0 unspecified atom stereocenters. The van der Waals surface area contributed by atoms with E-state index < -0.39 is 5.82 Å². The van der Waals surface area contributed by atoms with Crippen molar-refractivity contribution in [2.24, 2.45) is 0 Å². The third kappa shape index (κ3) is 4.64. The Morgan fingerprint density at radius 2 is 1.66 bits per heavy atom. The summed E-state index contributed by atoms with van der Waals surface area (Å²) in [7, 11) is 0. The summed E-state index contributed by atoms with van der Waals surface area (Å²) in [5.74, 6) is 0.984. The number of carbonyl (C=O) groups is 1. The Morgan fingerprint density at radius 1 is 0.969 bits per heavy atom. The van der Waals surface area contributed by atoms with Crippen molar-refractivity contribution in [3.8, 4) is 0 Å². The predicted molar refractivity (Wildman–Crippen MR) is 125 cm³/mol. The first-order valence-corrected chi connectivity index (χ1v) is 11.2. The van der Waals surface area contributed by atoms with Gasteiger partial charge >= 0.3 is 0 Å². The molecule has 4 rings (SSSR count). The number of benzene rings is 2. The quantitative estimate of drug-likeness (QED) is 0.602. The van der Waals surface area contributed by atoms with E-state index in [-0.39, 0.29) is 11.5 Å². The van der Waals surface area contributed by atoms with Gasteiger partial charge in [0.25, 0.3) is 5.91 Å². The van der Waals surface area contributed by atoms with Crippen LogP contribution in [-0.2, 0) is 12.8 Å². The zero-order valence-corrected chi connectivity index (χ0v) is 18.9. The van der Waals surface area contributed by atoms with E-state index in [2.05, 4.69) is 43.0 Å². The van der Waals surface area contributed by atoms with E-state index in [4.69, 9.17) is 9.97 Å². The number of aromatic nitrogens is 2. The SMILES string of the molecule is CCc1nc(C)nc(N2CCN(C(=O)c3ccccc3F)CC2)c1Cc1ccc(C)cc1. The van der Waals surface area contributed by atoms with Crippen LogP contribution in [0, 0.1) is 19.7 Å². The molecule has 3 aromatic rings. The second-order valence-corrected chi connectivity index (χ2v) is 8.29. The van der Waals surface area contributed by atoms with Crippen LogP contribution in [0.15, 0.2) is 48.5 Å². The Hall–Kier alpha value is -3.28. The van der Waals surface area contributed by atoms with Crippen molar-refractivity contribution in [1.29, 1.82) is 0 Å². The fourth-order valence-electron chi connectivity index (χ4n) is 4.21. The highest BCUT2D eigenvalue weighted by molar-refractivity contribution is 5.94. The lowest BCUT2D eigenvalue weighted by Gasteiger charge is -2.36. The molecule has 0 saturated carbocycles. The summed E-state index contributed by atoms with van der Waals surface area (Å²) < 4.78 is 14.1. The van der Waals surface area contributed by atoms with Gasteiger partial charge in [0.1, 0.15) is 17.5 Å². The Kier molecular flexibility index (Phi) is 6.49. The van der Waals surface area contributed by atoms with Gasteiger partial charge in [0.05, 0.1) is 5.56 Å². The van der Waals surface area contributed by atoms with Gasteiger partial charge in [-0.25, -0.2) is 14.4 Å². The van der Waals surface area contributed by atoms with Crippen LogP contribution in [-0.4, -0.2) is 47.0 Å². The van der Waals surface area contributed by atoms with Gasteiger partial charge in [-0.1, -0.05) is 48.9 Å². The third-order valence-corrected chi connectivity index (χ3v) is 5.99. The van der Waals surface area contributed by atoms with Crippen LogP contribution in [0.25, 0.3) is 0 Å². The number of hydrogen-bond acceptors (Lipinski definition) is 4. The number of amides is 1. The number of rotatable bonds is 5. The molecule has 6 heteroatoms. The van der Waals surface area contributed by atoms with E-state index in [0.29, 0.717) is 26.2 Å². The van der Waals surface area contributed by atoms with Crippen LogP contribution in [0.5, 0.6) is 0 Å². The topological polar surface area (TPSA) is 49.3 Å². The molecule has 2 heterocycles. The molecule has 166 valence electrons. The summed E-state index contributed by atoms with van der Waals surface area (Å²) in [6.45, 7) is 8.50. The first-order valence-electron chi connectivity index (χ1n) is 11.2. The Balaban J connectivity index is 1.56. The molecule has 1 amide bonds. The van der Waals surface area contributed by atoms with Crippen LogP contribution >= 0.6 is 0 Å². The lowest BCUT2D eigenvalue weighted by atomic mass is 10.0. The maximum atomic E-state index is 14.1. The van der Waals surface area contributed by atoms with E-state index in [1.807, 2.05) is 6.92 Å². The highest BCUT2D eigenvalue weighted by atomic mass is 19.1. The fraction of sp³-hybridized carbons (Fsp3) is 0.346. The van der Waals surface area contributed by atoms with Crippen molar-refractivity contribution in [3.05, 3.63) is 88.1 Å². The van der Waals surface area contributed by atoms with Crippen LogP contribution < -0.4 is 4.90 Å². The minimum Gasteiger partial charge on any atom is -0.353 e. The molecular weight excluding hydrogens is 403 g/mol. The van der Waals surface area contributed by atoms with Gasteiger partial charge in [0.2, 0.25) is 0 Å². The summed E-state index contributed by atoms with van der Waals surface area (Å²) in [5.41, 5.74) is 4.81. The predicted octanol–water partition coefficient (Wildman–Crippen LogP) is 4.35. The zero-order valence-electron chi connectivity index (χ0n) is 18.9. The number of nitrogens with zero attached hydrogens (tertiary/aromatic N) is 4. The zero-order chi connectivity index (χ0) is 22.7. The summed E-state index contributed by atoms with van der Waals surface area (Å²) in [6.07, 6.45) is 1.61. The summed E-state index contributed by atoms with van der Waals surface area (Å²) >= 11 is 0. The van der Waals surface area contributed by atoms with Crippen molar-refractivity contribution in [3.63, 3.8) is 0 Å². The number of anilines is 1. The number of carbonyl (C=O) groups excluding carboxylic acids is 1. The first kappa shape index (κ1) is 21.9. The normalized spacial score (nSPS) is 14.0. The third-order valence-electron chi connectivity index (χ3n) is 5.99. The van der Waals surface area contributed by atoms with Gasteiger partial charge in [-0.2, -0.15) is 0 Å². The van der Waals surface area contributed by atoms with E-state index in [0.717, 1.165) is 35.7 Å². The van der Waals surface area contributed by atoms with Crippen molar-refractivity contribution < 1.29 is 9.18 Å². The maximum Gasteiger partial charge on any atom is 0.256 e. The molecule has 0 N–H and O–H groups in total. The van der Waals surface area contributed by atoms with Crippen molar-refractivity contribution in [2.45, 2.75) is 33.6 Å². The van der Waals surface area contributed by atoms with Gasteiger partial charge in [-0.15, -0.1) is 0 Å². The van der Waals surface area contributed by atoms with Gasteiger partial charge in [-0.05, 0) is 38.0 Å². The Labute approximate surface area is 188 Å². The van der Waals surface area contributed by atoms with Crippen molar-refractivity contribution >= 4 is 11.7 Å². The van der Waals surface area contributed by atoms with Crippen LogP contribution in [0.3, 0.4) is 0 Å². The first-order chi connectivity index (χ1) is 15.5. The van der Waals surface area contributed by atoms with Gasteiger partial charge in [-0.3, -0.25) is 4.79 Å². The van der Waals surface area contributed by atoms with Crippen molar-refractivity contribution in [2.75, 3.05) is 31.1 Å². The van der Waals surface area contributed by atoms with E-state index >= 15 is 0 Å². The average Bonchev–Trinajstić information content (AvgIpc) is 2.81. The summed E-state index contributed by atoms with van der Waals surface area (Å²) in [5, 5.41) is 0. The number of hydrogen-bond donors (Lipinski definition) is 0. The molecule has 0 aliphatic carbocycles. The minimum atomic E-state index is -0.473. The Bertz CT molecular complexity index is 1110. The fourth-order valence-corrected chi connectivity index (χ4v) is 4.21. The second kappa shape index (κ2) is 9.47. The van der Waals surface area contributed by atoms with Crippen LogP contribution in [0.2, 0.25) is 0 Å². The molecule has 1 saturated heterocycles.